The average Bonchev–Trinajstić information content (AvgIpc) is 3.31. The molecule has 0 aliphatic carbocycles. The molecule has 0 aliphatic rings. The van der Waals surface area contributed by atoms with Gasteiger partial charge < -0.3 is 24.8 Å². The summed E-state index contributed by atoms with van der Waals surface area (Å²) in [5.74, 6) is 1.60. The predicted molar refractivity (Wildman–Crippen MR) is 135 cm³/mol. The maximum absolute atomic E-state index is 2.42. The van der Waals surface area contributed by atoms with E-state index in [0.29, 0.717) is 0 Å². The SMILES string of the molecule is CC(C)CP(CC(C)C)c1cc2ccccc2[cH-]1.Cc1ccc(C)c2[cH-]ccc12.[Cl-].[Cl-].[Hf+4]. The van der Waals surface area contributed by atoms with Crippen molar-refractivity contribution < 1.29 is 50.7 Å². The normalized spacial score (nSPS) is 10.5. The third-order valence-electron chi connectivity index (χ3n) is 5.39. The van der Waals surface area contributed by atoms with E-state index >= 15 is 0 Å². The zero-order valence-electron chi connectivity index (χ0n) is 20.1. The van der Waals surface area contributed by atoms with Gasteiger partial charge in [0, 0.05) is 0 Å². The summed E-state index contributed by atoms with van der Waals surface area (Å²) in [5, 5.41) is 7.21. The van der Waals surface area contributed by atoms with Crippen molar-refractivity contribution in [1.29, 1.82) is 0 Å². The Morgan fingerprint density at radius 3 is 1.97 bits per heavy atom. The van der Waals surface area contributed by atoms with Crippen LogP contribution in [0.3, 0.4) is 0 Å². The first kappa shape index (κ1) is 31.5. The Balaban J connectivity index is 0.000000598. The van der Waals surface area contributed by atoms with Crippen LogP contribution >= 0.6 is 7.92 Å². The molecule has 0 fully saturated rings. The largest absolute Gasteiger partial charge is 4.00 e. The molecule has 0 saturated heterocycles. The zero-order valence-corrected chi connectivity index (χ0v) is 26.1. The average molecular weight is 652 g/mol. The van der Waals surface area contributed by atoms with Crippen molar-refractivity contribution in [3.63, 3.8) is 0 Å². The molecule has 32 heavy (non-hydrogen) atoms. The van der Waals surface area contributed by atoms with E-state index in [1.165, 1.54) is 45.0 Å². The van der Waals surface area contributed by atoms with E-state index in [0.717, 1.165) is 11.8 Å². The van der Waals surface area contributed by atoms with Gasteiger partial charge in [-0.25, -0.2) is 0 Å². The summed E-state index contributed by atoms with van der Waals surface area (Å²) in [5.41, 5.74) is 2.74. The van der Waals surface area contributed by atoms with Gasteiger partial charge in [-0.1, -0.05) is 60.2 Å². The summed E-state index contributed by atoms with van der Waals surface area (Å²) in [7, 11) is 0.0185. The molecule has 0 bridgehead atoms. The van der Waals surface area contributed by atoms with Gasteiger partial charge in [-0.2, -0.15) is 18.2 Å². The Labute approximate surface area is 227 Å². The van der Waals surface area contributed by atoms with Gasteiger partial charge in [-0.05, 0) is 31.1 Å². The van der Waals surface area contributed by atoms with Gasteiger partial charge >= 0.3 is 25.8 Å². The quantitative estimate of drug-likeness (QED) is 0.177. The summed E-state index contributed by atoms with van der Waals surface area (Å²) in [6.07, 6.45) is 2.73. The standard InChI is InChI=1S/C17H24P.C11H11.2ClH.Hf/c1-13(2)11-18(12-14(3)4)17-9-15-7-5-6-8-16(15)10-17;1-8-6-7-9(2)11-5-3-4-10(8)11;;;/h5-10,13-14H,11-12H2,1-4H3;3-7H,1-2H3;2*1H;/q2*-1;;;+4/p-2. The van der Waals surface area contributed by atoms with Gasteiger partial charge in [0.25, 0.3) is 0 Å². The van der Waals surface area contributed by atoms with Crippen molar-refractivity contribution in [3.05, 3.63) is 77.9 Å². The minimum Gasteiger partial charge on any atom is -1.00 e. The number of aryl methyl sites for hydroxylation is 2. The fourth-order valence-electron chi connectivity index (χ4n) is 4.02. The summed E-state index contributed by atoms with van der Waals surface area (Å²) in [6, 6.07) is 24.4. The van der Waals surface area contributed by atoms with E-state index in [4.69, 9.17) is 0 Å². The van der Waals surface area contributed by atoms with Crippen LogP contribution in [0.4, 0.5) is 0 Å². The third-order valence-corrected chi connectivity index (χ3v) is 8.72. The molecule has 0 saturated carbocycles. The molecular formula is C28H35Cl2HfP. The van der Waals surface area contributed by atoms with Crippen LogP contribution < -0.4 is 30.1 Å². The number of rotatable bonds is 5. The van der Waals surface area contributed by atoms with Gasteiger partial charge in [0.15, 0.2) is 0 Å². The van der Waals surface area contributed by atoms with Crippen molar-refractivity contribution in [2.75, 3.05) is 12.3 Å². The molecule has 0 atom stereocenters. The van der Waals surface area contributed by atoms with E-state index < -0.39 is 0 Å². The van der Waals surface area contributed by atoms with Gasteiger partial charge in [0.2, 0.25) is 0 Å². The Morgan fingerprint density at radius 2 is 1.41 bits per heavy atom. The minimum atomic E-state index is 0. The van der Waals surface area contributed by atoms with E-state index in [1.54, 1.807) is 5.30 Å². The van der Waals surface area contributed by atoms with Crippen LogP contribution in [0.5, 0.6) is 0 Å². The fourth-order valence-corrected chi connectivity index (χ4v) is 7.00. The van der Waals surface area contributed by atoms with E-state index in [1.807, 2.05) is 0 Å². The van der Waals surface area contributed by atoms with Crippen LogP contribution in [0.15, 0.2) is 66.7 Å². The fraction of sp³-hybridized carbons (Fsp3) is 0.357. The molecule has 4 aromatic carbocycles. The molecule has 4 heteroatoms. The van der Waals surface area contributed by atoms with Crippen LogP contribution in [0, 0.1) is 25.7 Å². The summed E-state index contributed by atoms with van der Waals surface area (Å²) >= 11 is 0. The molecule has 4 aromatic rings. The molecule has 0 aromatic heterocycles. The first-order valence-corrected chi connectivity index (χ1v) is 12.6. The van der Waals surface area contributed by atoms with Crippen molar-refractivity contribution in [2.24, 2.45) is 11.8 Å². The topological polar surface area (TPSA) is 0 Å². The second-order valence-corrected chi connectivity index (χ2v) is 11.4. The summed E-state index contributed by atoms with van der Waals surface area (Å²) < 4.78 is 0. The molecule has 170 valence electrons. The number of fused-ring (bicyclic) bond motifs is 2. The van der Waals surface area contributed by atoms with Crippen molar-refractivity contribution in [1.82, 2.24) is 0 Å². The maximum atomic E-state index is 2.42. The van der Waals surface area contributed by atoms with Crippen LogP contribution in [0.1, 0.15) is 38.8 Å². The number of halogens is 2. The number of hydrogen-bond acceptors (Lipinski definition) is 0. The number of benzene rings is 2. The molecule has 0 unspecified atom stereocenters. The second kappa shape index (κ2) is 14.7. The summed E-state index contributed by atoms with van der Waals surface area (Å²) in [4.78, 5) is 0. The van der Waals surface area contributed by atoms with Gasteiger partial charge in [0.05, 0.1) is 0 Å². The Bertz CT molecular complexity index is 983. The van der Waals surface area contributed by atoms with E-state index in [2.05, 4.69) is 108 Å². The molecular weight excluding hydrogens is 617 g/mol. The van der Waals surface area contributed by atoms with Gasteiger partial charge in [-0.15, -0.1) is 68.8 Å². The Hall–Kier alpha value is -0.460. The van der Waals surface area contributed by atoms with Gasteiger partial charge in [0.1, 0.15) is 0 Å². The van der Waals surface area contributed by atoms with Crippen LogP contribution in [0.25, 0.3) is 21.5 Å². The second-order valence-electron chi connectivity index (χ2n) is 9.09. The first-order valence-electron chi connectivity index (χ1n) is 10.9. The van der Waals surface area contributed by atoms with Crippen LogP contribution in [0.2, 0.25) is 0 Å². The van der Waals surface area contributed by atoms with Crippen LogP contribution in [-0.4, -0.2) is 12.3 Å². The van der Waals surface area contributed by atoms with E-state index in [-0.39, 0.29) is 58.6 Å². The third kappa shape index (κ3) is 8.39. The molecule has 4 rings (SSSR count). The maximum Gasteiger partial charge on any atom is 4.00 e. The van der Waals surface area contributed by atoms with Gasteiger partial charge in [-0.3, -0.25) is 0 Å². The van der Waals surface area contributed by atoms with E-state index in [9.17, 15) is 0 Å². The molecule has 0 amide bonds. The summed E-state index contributed by atoms with van der Waals surface area (Å²) in [6.45, 7) is 13.7. The van der Waals surface area contributed by atoms with Crippen molar-refractivity contribution in [2.45, 2.75) is 41.5 Å². The predicted octanol–water partition coefficient (Wildman–Crippen LogP) is 2.16. The molecule has 0 nitrogen and oxygen atoms in total. The number of hydrogen-bond donors (Lipinski definition) is 0. The molecule has 0 radical (unpaired) electrons. The molecule has 0 N–H and O–H groups in total. The molecule has 0 aliphatic heterocycles. The minimum absolute atomic E-state index is 0. The molecule has 0 heterocycles. The monoisotopic (exact) mass is 652 g/mol. The van der Waals surface area contributed by atoms with Crippen molar-refractivity contribution in [3.8, 4) is 0 Å². The van der Waals surface area contributed by atoms with Crippen LogP contribution in [-0.2, 0) is 25.8 Å². The Kier molecular flexibility index (Phi) is 14.5. The Morgan fingerprint density at radius 1 is 0.812 bits per heavy atom. The first-order chi connectivity index (χ1) is 13.8. The smallest absolute Gasteiger partial charge is 1.00 e. The zero-order chi connectivity index (χ0) is 21.0. The van der Waals surface area contributed by atoms with Crippen molar-refractivity contribution >= 4 is 34.8 Å². The molecule has 0 spiro atoms.